The van der Waals surface area contributed by atoms with Gasteiger partial charge in [0.25, 0.3) is 0 Å². The summed E-state index contributed by atoms with van der Waals surface area (Å²) in [5.41, 5.74) is 5.44. The summed E-state index contributed by atoms with van der Waals surface area (Å²) in [6.07, 6.45) is 1.67. The minimum atomic E-state index is 0.292. The molecule has 110 valence electrons. The van der Waals surface area contributed by atoms with Crippen LogP contribution in [-0.4, -0.2) is 9.97 Å². The number of rotatable bonds is 2. The molecule has 1 aliphatic carbocycles. The summed E-state index contributed by atoms with van der Waals surface area (Å²) in [4.78, 5) is 9.96. The van der Waals surface area contributed by atoms with E-state index >= 15 is 0 Å². The van der Waals surface area contributed by atoms with Crippen molar-refractivity contribution >= 4 is 33.3 Å². The normalized spacial score (nSPS) is 13.2. The molecule has 1 aliphatic rings. The number of thiophene rings is 1. The number of hydrogen-bond acceptors (Lipinski definition) is 4. The second kappa shape index (κ2) is 5.18. The first-order valence-electron chi connectivity index (χ1n) is 7.45. The zero-order valence-electron chi connectivity index (χ0n) is 12.1. The molecular weight excluding hydrogens is 320 g/mol. The Labute approximate surface area is 142 Å². The van der Waals surface area contributed by atoms with Crippen LogP contribution in [0.4, 0.5) is 0 Å². The van der Waals surface area contributed by atoms with Crippen molar-refractivity contribution in [3.05, 3.63) is 77.4 Å². The number of hydrogen-bond donors (Lipinski definition) is 0. The highest BCUT2D eigenvalue weighted by Gasteiger charge is 2.29. The van der Waals surface area contributed by atoms with Gasteiger partial charge in [0.05, 0.1) is 5.25 Å². The van der Waals surface area contributed by atoms with Crippen molar-refractivity contribution in [2.45, 2.75) is 10.3 Å². The molecule has 0 radical (unpaired) electrons. The topological polar surface area (TPSA) is 25.8 Å². The molecule has 5 rings (SSSR count). The van der Waals surface area contributed by atoms with Gasteiger partial charge in [-0.25, -0.2) is 9.97 Å². The molecule has 0 fully saturated rings. The van der Waals surface area contributed by atoms with Crippen LogP contribution in [0.25, 0.3) is 21.3 Å². The smallest absolute Gasteiger partial charge is 0.127 e. The van der Waals surface area contributed by atoms with E-state index in [0.29, 0.717) is 5.25 Å². The largest absolute Gasteiger partial charge is 0.229 e. The van der Waals surface area contributed by atoms with Crippen molar-refractivity contribution in [2.24, 2.45) is 0 Å². The van der Waals surface area contributed by atoms with E-state index in [1.54, 1.807) is 17.7 Å². The van der Waals surface area contributed by atoms with Crippen molar-refractivity contribution in [3.8, 4) is 11.1 Å². The molecule has 4 aromatic rings. The summed E-state index contributed by atoms with van der Waals surface area (Å²) >= 11 is 3.49. The summed E-state index contributed by atoms with van der Waals surface area (Å²) in [5.74, 6) is 0. The Morgan fingerprint density at radius 1 is 0.826 bits per heavy atom. The Kier molecular flexibility index (Phi) is 2.99. The molecule has 0 amide bonds. The van der Waals surface area contributed by atoms with Gasteiger partial charge in [0.15, 0.2) is 0 Å². The van der Waals surface area contributed by atoms with Crippen LogP contribution in [0.2, 0.25) is 0 Å². The molecule has 4 heteroatoms. The van der Waals surface area contributed by atoms with Crippen LogP contribution in [0.15, 0.2) is 71.3 Å². The minimum absolute atomic E-state index is 0.292. The Bertz CT molecular complexity index is 977. The average molecular weight is 332 g/mol. The van der Waals surface area contributed by atoms with Gasteiger partial charge in [-0.1, -0.05) is 60.3 Å². The van der Waals surface area contributed by atoms with Crippen LogP contribution in [0.3, 0.4) is 0 Å². The average Bonchev–Trinajstić information content (AvgIpc) is 3.20. The maximum absolute atomic E-state index is 4.55. The SMILES string of the molecule is c1ccc2c(c1)-c1ccccc1C2Sc1ncnc2sccc12. The highest BCUT2D eigenvalue weighted by molar-refractivity contribution is 7.99. The standard InChI is InChI=1S/C19H12N2S2/c1-3-7-14-12(5-1)13-6-2-4-8-15(13)17(14)23-19-16-9-10-22-18(16)20-11-21-19/h1-11,17H. The molecule has 2 nitrogen and oxygen atoms in total. The molecule has 2 aromatic heterocycles. The Morgan fingerprint density at radius 2 is 1.52 bits per heavy atom. The highest BCUT2D eigenvalue weighted by atomic mass is 32.2. The Balaban J connectivity index is 1.67. The summed E-state index contributed by atoms with van der Waals surface area (Å²) in [6.45, 7) is 0. The molecular formula is C19H12N2S2. The third kappa shape index (κ3) is 2.02. The van der Waals surface area contributed by atoms with E-state index in [9.17, 15) is 0 Å². The minimum Gasteiger partial charge on any atom is -0.229 e. The molecule has 0 bridgehead atoms. The first-order chi connectivity index (χ1) is 11.4. The van der Waals surface area contributed by atoms with Crippen LogP contribution in [0.1, 0.15) is 16.4 Å². The first kappa shape index (κ1) is 13.3. The van der Waals surface area contributed by atoms with Gasteiger partial charge in [0.1, 0.15) is 16.2 Å². The van der Waals surface area contributed by atoms with Gasteiger partial charge >= 0.3 is 0 Å². The lowest BCUT2D eigenvalue weighted by Crippen LogP contribution is -1.93. The van der Waals surface area contributed by atoms with Gasteiger partial charge in [-0.05, 0) is 33.7 Å². The van der Waals surface area contributed by atoms with Crippen molar-refractivity contribution in [1.82, 2.24) is 9.97 Å². The predicted octanol–water partition coefficient (Wildman–Crippen LogP) is 5.55. The Morgan fingerprint density at radius 3 is 2.26 bits per heavy atom. The van der Waals surface area contributed by atoms with Crippen molar-refractivity contribution in [3.63, 3.8) is 0 Å². The van der Waals surface area contributed by atoms with E-state index in [-0.39, 0.29) is 0 Å². The summed E-state index contributed by atoms with van der Waals surface area (Å²) in [5, 5.41) is 4.59. The van der Waals surface area contributed by atoms with Crippen LogP contribution in [0.5, 0.6) is 0 Å². The summed E-state index contributed by atoms with van der Waals surface area (Å²) in [7, 11) is 0. The quantitative estimate of drug-likeness (QED) is 0.450. The van der Waals surface area contributed by atoms with Gasteiger partial charge in [-0.3, -0.25) is 0 Å². The third-order valence-electron chi connectivity index (χ3n) is 4.23. The molecule has 0 aliphatic heterocycles. The third-order valence-corrected chi connectivity index (χ3v) is 6.34. The van der Waals surface area contributed by atoms with Crippen LogP contribution < -0.4 is 0 Å². The molecule has 23 heavy (non-hydrogen) atoms. The van der Waals surface area contributed by atoms with Crippen LogP contribution in [0, 0.1) is 0 Å². The molecule has 0 saturated heterocycles. The van der Waals surface area contributed by atoms with Crippen molar-refractivity contribution < 1.29 is 0 Å². The summed E-state index contributed by atoms with van der Waals surface area (Å²) < 4.78 is 0. The van der Waals surface area contributed by atoms with Gasteiger partial charge in [-0.2, -0.15) is 0 Å². The number of nitrogens with zero attached hydrogens (tertiary/aromatic N) is 2. The van der Waals surface area contributed by atoms with Gasteiger partial charge < -0.3 is 0 Å². The first-order valence-corrected chi connectivity index (χ1v) is 9.21. The molecule has 2 aromatic carbocycles. The van der Waals surface area contributed by atoms with Gasteiger partial charge in [-0.15, -0.1) is 11.3 Å². The highest BCUT2D eigenvalue weighted by Crippen LogP contribution is 2.52. The van der Waals surface area contributed by atoms with E-state index in [1.807, 2.05) is 11.8 Å². The predicted molar refractivity (Wildman–Crippen MR) is 97.0 cm³/mol. The molecule has 0 spiro atoms. The summed E-state index contributed by atoms with van der Waals surface area (Å²) in [6, 6.07) is 19.5. The lowest BCUT2D eigenvalue weighted by molar-refractivity contribution is 1.09. The van der Waals surface area contributed by atoms with Gasteiger partial charge in [0.2, 0.25) is 0 Å². The number of thioether (sulfide) groups is 1. The van der Waals surface area contributed by atoms with E-state index in [4.69, 9.17) is 0 Å². The molecule has 0 unspecified atom stereocenters. The second-order valence-corrected chi connectivity index (χ2v) is 7.48. The van der Waals surface area contributed by atoms with Crippen LogP contribution >= 0.6 is 23.1 Å². The lowest BCUT2D eigenvalue weighted by Gasteiger charge is -2.13. The van der Waals surface area contributed by atoms with E-state index < -0.39 is 0 Å². The number of aromatic nitrogens is 2. The molecule has 0 atom stereocenters. The monoisotopic (exact) mass is 332 g/mol. The maximum atomic E-state index is 4.55. The molecule has 2 heterocycles. The number of benzene rings is 2. The van der Waals surface area contributed by atoms with Gasteiger partial charge in [0, 0.05) is 5.39 Å². The zero-order chi connectivity index (χ0) is 15.2. The molecule has 0 saturated carbocycles. The van der Waals surface area contributed by atoms with Crippen LogP contribution in [-0.2, 0) is 0 Å². The van der Waals surface area contributed by atoms with Crippen molar-refractivity contribution in [2.75, 3.05) is 0 Å². The van der Waals surface area contributed by atoms with Crippen molar-refractivity contribution in [1.29, 1.82) is 0 Å². The fourth-order valence-corrected chi connectivity index (χ4v) is 5.29. The molecule has 0 N–H and O–H groups in total. The van der Waals surface area contributed by atoms with E-state index in [1.165, 1.54) is 22.3 Å². The Hall–Kier alpha value is -2.17. The van der Waals surface area contributed by atoms with E-state index in [0.717, 1.165) is 15.2 Å². The number of fused-ring (bicyclic) bond motifs is 4. The zero-order valence-corrected chi connectivity index (χ0v) is 13.8. The fourth-order valence-electron chi connectivity index (χ4n) is 3.21. The second-order valence-electron chi connectivity index (χ2n) is 5.49. The van der Waals surface area contributed by atoms with E-state index in [2.05, 4.69) is 69.9 Å². The maximum Gasteiger partial charge on any atom is 0.127 e. The fraction of sp³-hybridized carbons (Fsp3) is 0.0526. The lowest BCUT2D eigenvalue weighted by atomic mass is 10.1.